The molecule has 24 heavy (non-hydrogen) atoms. The van der Waals surface area contributed by atoms with Crippen LogP contribution in [0.5, 0.6) is 5.75 Å². The van der Waals surface area contributed by atoms with Crippen LogP contribution in [-0.4, -0.2) is 32.2 Å². The Hall–Kier alpha value is -1.72. The summed E-state index contributed by atoms with van der Waals surface area (Å²) in [5.74, 6) is 0.775. The fraction of sp³-hybridized carbons (Fsp3) is 0.421. The summed E-state index contributed by atoms with van der Waals surface area (Å²) >= 11 is 0. The van der Waals surface area contributed by atoms with Gasteiger partial charge >= 0.3 is 0 Å². The maximum absolute atomic E-state index is 13.2. The van der Waals surface area contributed by atoms with Gasteiger partial charge in [0.05, 0.1) is 16.2 Å². The van der Waals surface area contributed by atoms with Gasteiger partial charge in [0, 0.05) is 17.7 Å². The van der Waals surface area contributed by atoms with Crippen molar-refractivity contribution in [3.63, 3.8) is 0 Å². The third-order valence-corrected chi connectivity index (χ3v) is 7.01. The van der Waals surface area contributed by atoms with E-state index in [0.717, 1.165) is 16.9 Å². The van der Waals surface area contributed by atoms with Crippen molar-refractivity contribution in [2.45, 2.75) is 31.6 Å². The number of benzene rings is 1. The molecule has 0 aromatic heterocycles. The molecule has 2 aliphatic heterocycles. The quantitative estimate of drug-likeness (QED) is 0.737. The molecule has 1 aromatic carbocycles. The Bertz CT molecular complexity index is 820. The number of para-hydroxylation sites is 1. The fourth-order valence-electron chi connectivity index (χ4n) is 4.04. The lowest BCUT2D eigenvalue weighted by Gasteiger charge is -2.42. The van der Waals surface area contributed by atoms with Gasteiger partial charge in [-0.25, -0.2) is 8.51 Å². The lowest BCUT2D eigenvalue weighted by atomic mass is 9.71. The first-order chi connectivity index (χ1) is 11.3. The Labute approximate surface area is 144 Å². The van der Waals surface area contributed by atoms with Crippen molar-refractivity contribution < 1.29 is 13.7 Å². The monoisotopic (exact) mass is 343 g/mol. The molecular formula is C19H21NO3S. The lowest BCUT2D eigenvalue weighted by Crippen LogP contribution is -2.44. The third kappa shape index (κ3) is 1.88. The molecule has 5 heteroatoms. The standard InChI is InChI=1S/C19H21NO3S/c1-12-15(21)9-13-10-20(24(22)18(2,3)4)17-14-7-5-6-8-16(14)23-11-19(12,13)17/h5-9,17H,1,10-11H2,2-4H3/t17-,19+,24-/m1/s1. The molecule has 1 fully saturated rings. The highest BCUT2D eigenvalue weighted by molar-refractivity contribution is 7.84. The summed E-state index contributed by atoms with van der Waals surface area (Å²) in [7, 11) is -1.19. The van der Waals surface area contributed by atoms with Crippen molar-refractivity contribution in [2.75, 3.05) is 13.2 Å². The maximum atomic E-state index is 13.2. The number of carbonyl (C=O) groups excluding carboxylic acids is 1. The van der Waals surface area contributed by atoms with Gasteiger partial charge < -0.3 is 4.74 Å². The molecule has 3 atom stereocenters. The van der Waals surface area contributed by atoms with Crippen molar-refractivity contribution >= 4 is 16.8 Å². The molecule has 4 rings (SSSR count). The molecule has 1 saturated heterocycles. The van der Waals surface area contributed by atoms with Crippen LogP contribution < -0.4 is 4.74 Å². The molecule has 126 valence electrons. The first-order valence-electron chi connectivity index (χ1n) is 8.12. The second-order valence-electron chi connectivity index (χ2n) is 7.65. The molecule has 3 aliphatic rings. The van der Waals surface area contributed by atoms with Crippen molar-refractivity contribution in [3.8, 4) is 5.75 Å². The number of allylic oxidation sites excluding steroid dienone is 1. The van der Waals surface area contributed by atoms with Crippen LogP contribution in [0.3, 0.4) is 0 Å². The van der Waals surface area contributed by atoms with Gasteiger partial charge in [0.1, 0.15) is 23.3 Å². The van der Waals surface area contributed by atoms with Gasteiger partial charge in [-0.05, 0) is 38.5 Å². The topological polar surface area (TPSA) is 46.6 Å². The lowest BCUT2D eigenvalue weighted by molar-refractivity contribution is -0.111. The first kappa shape index (κ1) is 15.8. The number of hydrogen-bond acceptors (Lipinski definition) is 3. The minimum absolute atomic E-state index is 0.0285. The van der Waals surface area contributed by atoms with E-state index in [4.69, 9.17) is 4.74 Å². The smallest absolute Gasteiger partial charge is 0.182 e. The van der Waals surface area contributed by atoms with E-state index in [-0.39, 0.29) is 16.6 Å². The molecule has 0 bridgehead atoms. The average Bonchev–Trinajstić information content (AvgIpc) is 2.98. The van der Waals surface area contributed by atoms with E-state index >= 15 is 0 Å². The van der Waals surface area contributed by atoms with E-state index in [9.17, 15) is 9.00 Å². The summed E-state index contributed by atoms with van der Waals surface area (Å²) in [4.78, 5) is 12.3. The van der Waals surface area contributed by atoms with Crippen LogP contribution >= 0.6 is 0 Å². The molecule has 2 heterocycles. The number of hydrogen-bond donors (Lipinski definition) is 0. The molecule has 0 amide bonds. The zero-order valence-corrected chi connectivity index (χ0v) is 15.0. The number of ketones is 1. The number of carbonyl (C=O) groups is 1. The van der Waals surface area contributed by atoms with Gasteiger partial charge in [-0.1, -0.05) is 24.8 Å². The summed E-state index contributed by atoms with van der Waals surface area (Å²) in [5.41, 5.74) is 1.95. The SMILES string of the molecule is C=C1C(=O)C=C2CN([S@](=O)C(C)(C)C)[C@@H]3c4ccccc4OC[C@]123. The number of ether oxygens (including phenoxy) is 1. The zero-order chi connectivity index (χ0) is 17.3. The van der Waals surface area contributed by atoms with Crippen molar-refractivity contribution in [3.05, 3.63) is 53.6 Å². The van der Waals surface area contributed by atoms with Crippen LogP contribution in [0, 0.1) is 5.41 Å². The van der Waals surface area contributed by atoms with E-state index < -0.39 is 16.4 Å². The summed E-state index contributed by atoms with van der Waals surface area (Å²) < 4.78 is 20.8. The minimum Gasteiger partial charge on any atom is -0.492 e. The number of nitrogens with zero attached hydrogens (tertiary/aromatic N) is 1. The van der Waals surface area contributed by atoms with E-state index in [0.29, 0.717) is 18.7 Å². The summed E-state index contributed by atoms with van der Waals surface area (Å²) in [6.45, 7) is 10.9. The van der Waals surface area contributed by atoms with Crippen LogP contribution in [0.4, 0.5) is 0 Å². The first-order valence-corrected chi connectivity index (χ1v) is 9.22. The highest BCUT2D eigenvalue weighted by Crippen LogP contribution is 2.61. The maximum Gasteiger partial charge on any atom is 0.182 e. The van der Waals surface area contributed by atoms with E-state index in [1.54, 1.807) is 6.08 Å². The van der Waals surface area contributed by atoms with Crippen LogP contribution in [0.15, 0.2) is 48.1 Å². The average molecular weight is 343 g/mol. The van der Waals surface area contributed by atoms with Crippen LogP contribution in [0.2, 0.25) is 0 Å². The second-order valence-corrected chi connectivity index (χ2v) is 9.84. The molecule has 0 unspecified atom stereocenters. The Morgan fingerprint density at radius 3 is 2.75 bits per heavy atom. The predicted molar refractivity (Wildman–Crippen MR) is 93.9 cm³/mol. The van der Waals surface area contributed by atoms with Gasteiger partial charge in [0.25, 0.3) is 0 Å². The van der Waals surface area contributed by atoms with Crippen molar-refractivity contribution in [1.82, 2.24) is 4.31 Å². The Balaban J connectivity index is 1.93. The molecule has 4 nitrogen and oxygen atoms in total. The summed E-state index contributed by atoms with van der Waals surface area (Å²) in [6, 6.07) is 7.66. The van der Waals surface area contributed by atoms with Gasteiger partial charge in [-0.3, -0.25) is 4.79 Å². The highest BCUT2D eigenvalue weighted by Gasteiger charge is 2.62. The van der Waals surface area contributed by atoms with Gasteiger partial charge in [-0.2, -0.15) is 0 Å². The van der Waals surface area contributed by atoms with E-state index in [1.807, 2.05) is 49.3 Å². The van der Waals surface area contributed by atoms with Crippen LogP contribution in [-0.2, 0) is 15.8 Å². The Kier molecular flexibility index (Phi) is 3.22. The van der Waals surface area contributed by atoms with Gasteiger partial charge in [0.2, 0.25) is 0 Å². The minimum atomic E-state index is -1.19. The van der Waals surface area contributed by atoms with Gasteiger partial charge in [-0.15, -0.1) is 0 Å². The summed E-state index contributed by atoms with van der Waals surface area (Å²) in [5, 5.41) is 0. The number of rotatable bonds is 1. The highest BCUT2D eigenvalue weighted by atomic mass is 32.2. The van der Waals surface area contributed by atoms with Gasteiger partial charge in [0.15, 0.2) is 5.78 Å². The van der Waals surface area contributed by atoms with E-state index in [1.165, 1.54) is 0 Å². The normalized spacial score (nSPS) is 30.3. The van der Waals surface area contributed by atoms with Crippen molar-refractivity contribution in [2.24, 2.45) is 5.41 Å². The molecular weight excluding hydrogens is 322 g/mol. The summed E-state index contributed by atoms with van der Waals surface area (Å²) in [6.07, 6.45) is 1.67. The number of fused-ring (bicyclic) bond motifs is 2. The predicted octanol–water partition coefficient (Wildman–Crippen LogP) is 2.95. The molecule has 0 N–H and O–H groups in total. The largest absolute Gasteiger partial charge is 0.492 e. The van der Waals surface area contributed by atoms with Crippen LogP contribution in [0.1, 0.15) is 32.4 Å². The second kappa shape index (κ2) is 4.90. The zero-order valence-electron chi connectivity index (χ0n) is 14.2. The third-order valence-electron chi connectivity index (χ3n) is 5.20. The molecule has 1 aromatic rings. The Morgan fingerprint density at radius 1 is 1.33 bits per heavy atom. The molecule has 1 spiro atoms. The molecule has 0 radical (unpaired) electrons. The van der Waals surface area contributed by atoms with E-state index in [2.05, 4.69) is 6.58 Å². The fourth-order valence-corrected chi connectivity index (χ4v) is 5.48. The van der Waals surface area contributed by atoms with Crippen LogP contribution in [0.25, 0.3) is 0 Å². The molecule has 1 aliphatic carbocycles. The molecule has 0 saturated carbocycles. The van der Waals surface area contributed by atoms with Crippen molar-refractivity contribution in [1.29, 1.82) is 0 Å². The Morgan fingerprint density at radius 2 is 2.04 bits per heavy atom.